The predicted octanol–water partition coefficient (Wildman–Crippen LogP) is 2.74. The summed E-state index contributed by atoms with van der Waals surface area (Å²) in [5.74, 6) is 1.58. The molecule has 0 aliphatic carbocycles. The molecule has 1 aromatic carbocycles. The van der Waals surface area contributed by atoms with Crippen LogP contribution in [0.5, 0.6) is 17.2 Å². The average molecular weight is 367 g/mol. The van der Waals surface area contributed by atoms with Gasteiger partial charge in [0.25, 0.3) is 0 Å². The molecule has 0 bridgehead atoms. The fourth-order valence-electron chi connectivity index (χ4n) is 2.97. The lowest BCUT2D eigenvalue weighted by molar-refractivity contribution is 0.0718. The molecule has 0 amide bonds. The van der Waals surface area contributed by atoms with E-state index in [1.807, 2.05) is 0 Å². The Morgan fingerprint density at radius 2 is 1.58 bits per heavy atom. The molecule has 1 aromatic rings. The maximum Gasteiger partial charge on any atom is 0.240 e. The normalized spacial score (nSPS) is 16.4. The molecule has 5 nitrogen and oxygen atoms in total. The first-order chi connectivity index (χ1) is 11.1. The Morgan fingerprint density at radius 1 is 1.04 bits per heavy atom. The molecule has 0 saturated carbocycles. The van der Waals surface area contributed by atoms with Gasteiger partial charge in [0.05, 0.1) is 26.9 Å². The number of hydrogen-bond acceptors (Lipinski definition) is 5. The van der Waals surface area contributed by atoms with Crippen LogP contribution in [0.4, 0.5) is 8.78 Å². The fourth-order valence-corrected chi connectivity index (χ4v) is 2.97. The van der Waals surface area contributed by atoms with Gasteiger partial charge in [0, 0.05) is 50.8 Å². The minimum absolute atomic E-state index is 0. The highest BCUT2D eigenvalue weighted by molar-refractivity contribution is 5.85. The molecule has 1 aliphatic rings. The third-order valence-electron chi connectivity index (χ3n) is 4.08. The minimum atomic E-state index is -2.41. The summed E-state index contributed by atoms with van der Waals surface area (Å²) in [6.45, 7) is 2.96. The second-order valence-electron chi connectivity index (χ2n) is 5.37. The summed E-state index contributed by atoms with van der Waals surface area (Å²) < 4.78 is 42.5. The van der Waals surface area contributed by atoms with Gasteiger partial charge in [-0.1, -0.05) is 0 Å². The summed E-state index contributed by atoms with van der Waals surface area (Å²) >= 11 is 0. The van der Waals surface area contributed by atoms with Crippen molar-refractivity contribution in [2.45, 2.75) is 18.9 Å². The molecular weight excluding hydrogens is 342 g/mol. The van der Waals surface area contributed by atoms with Gasteiger partial charge in [-0.05, 0) is 0 Å². The highest BCUT2D eigenvalue weighted by Crippen LogP contribution is 2.42. The Labute approximate surface area is 147 Å². The van der Waals surface area contributed by atoms with Gasteiger partial charge in [0.2, 0.25) is 6.43 Å². The molecule has 1 N–H and O–H groups in total. The minimum Gasteiger partial charge on any atom is -0.496 e. The molecular formula is C16H25ClF2N2O3. The number of piperazine rings is 1. The number of methoxy groups -OCH3 is 3. The standard InChI is InChI=1S/C16H24F2N2O3.ClH/c1-21-11-8-13(22-2)16(14(9-11)23-3)12(10-15(17)18)20-6-4-19-5-7-20;/h8-9,12,15,19H,4-7,10H2,1-3H3;1H/t12-;/m1./s1. The van der Waals surface area contributed by atoms with E-state index >= 15 is 0 Å². The van der Waals surface area contributed by atoms with Crippen molar-refractivity contribution in [3.8, 4) is 17.2 Å². The first-order valence-corrected chi connectivity index (χ1v) is 7.63. The molecule has 2 rings (SSSR count). The van der Waals surface area contributed by atoms with Gasteiger partial charge in [-0.15, -0.1) is 12.4 Å². The van der Waals surface area contributed by atoms with Crippen LogP contribution in [-0.4, -0.2) is 58.8 Å². The van der Waals surface area contributed by atoms with Crippen LogP contribution in [0.15, 0.2) is 12.1 Å². The molecule has 0 spiro atoms. The zero-order valence-electron chi connectivity index (χ0n) is 14.2. The lowest BCUT2D eigenvalue weighted by Crippen LogP contribution is -2.45. The predicted molar refractivity (Wildman–Crippen MR) is 91.2 cm³/mol. The maximum atomic E-state index is 13.2. The molecule has 0 aromatic heterocycles. The fraction of sp³-hybridized carbons (Fsp3) is 0.625. The van der Waals surface area contributed by atoms with Crippen molar-refractivity contribution >= 4 is 12.4 Å². The lowest BCUT2D eigenvalue weighted by atomic mass is 9.98. The SMILES string of the molecule is COc1cc(OC)c([C@@H](CC(F)F)N2CCNCC2)c(OC)c1.Cl. The second-order valence-corrected chi connectivity index (χ2v) is 5.37. The van der Waals surface area contributed by atoms with Crippen LogP contribution in [0.3, 0.4) is 0 Å². The number of halogens is 3. The Bertz CT molecular complexity index is 489. The molecule has 24 heavy (non-hydrogen) atoms. The van der Waals surface area contributed by atoms with Crippen molar-refractivity contribution in [3.63, 3.8) is 0 Å². The van der Waals surface area contributed by atoms with Crippen molar-refractivity contribution in [2.24, 2.45) is 0 Å². The Morgan fingerprint density at radius 3 is 2.00 bits per heavy atom. The summed E-state index contributed by atoms with van der Waals surface area (Å²) in [5, 5.41) is 3.24. The van der Waals surface area contributed by atoms with E-state index < -0.39 is 12.5 Å². The molecule has 1 aliphatic heterocycles. The van der Waals surface area contributed by atoms with Gasteiger partial charge < -0.3 is 19.5 Å². The van der Waals surface area contributed by atoms with E-state index in [4.69, 9.17) is 14.2 Å². The van der Waals surface area contributed by atoms with Crippen molar-refractivity contribution in [3.05, 3.63) is 17.7 Å². The number of nitrogens with zero attached hydrogens (tertiary/aromatic N) is 1. The van der Waals surface area contributed by atoms with Crippen LogP contribution >= 0.6 is 12.4 Å². The van der Waals surface area contributed by atoms with Gasteiger partial charge in [0.15, 0.2) is 0 Å². The first kappa shape index (κ1) is 20.7. The van der Waals surface area contributed by atoms with Crippen molar-refractivity contribution in [2.75, 3.05) is 47.5 Å². The molecule has 1 atom stereocenters. The number of benzene rings is 1. The summed E-state index contributed by atoms with van der Waals surface area (Å²) in [6, 6.07) is 2.95. The quantitative estimate of drug-likeness (QED) is 0.803. The lowest BCUT2D eigenvalue weighted by Gasteiger charge is -2.36. The Balaban J connectivity index is 0.00000288. The van der Waals surface area contributed by atoms with Crippen LogP contribution in [-0.2, 0) is 0 Å². The summed E-state index contributed by atoms with van der Waals surface area (Å²) in [6.07, 6.45) is -2.68. The first-order valence-electron chi connectivity index (χ1n) is 7.63. The van der Waals surface area contributed by atoms with Crippen LogP contribution in [0, 0.1) is 0 Å². The van der Waals surface area contributed by atoms with E-state index in [1.165, 1.54) is 14.2 Å². The van der Waals surface area contributed by atoms with Gasteiger partial charge >= 0.3 is 0 Å². The number of ether oxygens (including phenoxy) is 3. The summed E-state index contributed by atoms with van der Waals surface area (Å²) in [4.78, 5) is 2.05. The highest BCUT2D eigenvalue weighted by Gasteiger charge is 2.31. The molecule has 138 valence electrons. The van der Waals surface area contributed by atoms with Crippen LogP contribution in [0.2, 0.25) is 0 Å². The smallest absolute Gasteiger partial charge is 0.240 e. The van der Waals surface area contributed by atoms with E-state index in [1.54, 1.807) is 19.2 Å². The Hall–Kier alpha value is -1.31. The van der Waals surface area contributed by atoms with Crippen molar-refractivity contribution in [1.82, 2.24) is 10.2 Å². The highest BCUT2D eigenvalue weighted by atomic mass is 35.5. The van der Waals surface area contributed by atoms with E-state index in [2.05, 4.69) is 10.2 Å². The molecule has 1 heterocycles. The van der Waals surface area contributed by atoms with Gasteiger partial charge in [-0.2, -0.15) is 0 Å². The van der Waals surface area contributed by atoms with Gasteiger partial charge in [-0.25, -0.2) is 8.78 Å². The third kappa shape index (κ3) is 4.84. The van der Waals surface area contributed by atoms with E-state index in [9.17, 15) is 8.78 Å². The number of nitrogens with one attached hydrogen (secondary N) is 1. The molecule has 0 unspecified atom stereocenters. The van der Waals surface area contributed by atoms with Crippen molar-refractivity contribution in [1.29, 1.82) is 0 Å². The molecule has 1 saturated heterocycles. The zero-order valence-corrected chi connectivity index (χ0v) is 15.0. The monoisotopic (exact) mass is 366 g/mol. The molecule has 1 fully saturated rings. The number of alkyl halides is 2. The van der Waals surface area contributed by atoms with Crippen LogP contribution in [0.25, 0.3) is 0 Å². The summed E-state index contributed by atoms with van der Waals surface area (Å²) in [5.41, 5.74) is 0.651. The number of rotatable bonds is 7. The Kier molecular flexibility index (Phi) is 8.52. The third-order valence-corrected chi connectivity index (χ3v) is 4.08. The zero-order chi connectivity index (χ0) is 16.8. The number of hydrogen-bond donors (Lipinski definition) is 1. The topological polar surface area (TPSA) is 43.0 Å². The molecule has 0 radical (unpaired) electrons. The van der Waals surface area contributed by atoms with Crippen molar-refractivity contribution < 1.29 is 23.0 Å². The maximum absolute atomic E-state index is 13.2. The average Bonchev–Trinajstić information content (AvgIpc) is 2.59. The van der Waals surface area contributed by atoms with E-state index in [0.717, 1.165) is 13.1 Å². The summed E-state index contributed by atoms with van der Waals surface area (Å²) in [7, 11) is 4.59. The largest absolute Gasteiger partial charge is 0.496 e. The second kappa shape index (κ2) is 9.86. The van der Waals surface area contributed by atoms with E-state index in [-0.39, 0.29) is 18.8 Å². The molecule has 8 heteroatoms. The van der Waals surface area contributed by atoms with Crippen LogP contribution < -0.4 is 19.5 Å². The van der Waals surface area contributed by atoms with E-state index in [0.29, 0.717) is 35.9 Å². The van der Waals surface area contributed by atoms with Gasteiger partial charge in [-0.3, -0.25) is 4.90 Å². The van der Waals surface area contributed by atoms with Gasteiger partial charge in [0.1, 0.15) is 17.2 Å². The van der Waals surface area contributed by atoms with Crippen LogP contribution in [0.1, 0.15) is 18.0 Å².